The summed E-state index contributed by atoms with van der Waals surface area (Å²) in [5.74, 6) is 0. The molecule has 9 rings (SSSR count). The summed E-state index contributed by atoms with van der Waals surface area (Å²) < 4.78 is 0. The first-order valence-electron chi connectivity index (χ1n) is 13.9. The van der Waals surface area contributed by atoms with Crippen LogP contribution in [-0.4, -0.2) is 0 Å². The quantitative estimate of drug-likeness (QED) is 0.197. The van der Waals surface area contributed by atoms with Crippen molar-refractivity contribution in [1.82, 2.24) is 0 Å². The van der Waals surface area contributed by atoms with Crippen LogP contribution in [0.5, 0.6) is 0 Å². The van der Waals surface area contributed by atoms with E-state index in [1.807, 2.05) is 0 Å². The van der Waals surface area contributed by atoms with E-state index in [1.165, 1.54) is 72.3 Å². The monoisotopic (exact) mass is 494 g/mol. The summed E-state index contributed by atoms with van der Waals surface area (Å²) in [6, 6.07) is 52.7. The highest BCUT2D eigenvalue weighted by Crippen LogP contribution is 2.67. The molecular weight excluding hydrogens is 468 g/mol. The third-order valence-electron chi connectivity index (χ3n) is 9.70. The van der Waals surface area contributed by atoms with E-state index < -0.39 is 0 Å². The predicted molar refractivity (Wildman–Crippen MR) is 159 cm³/mol. The SMILES string of the molecule is Cc1cccc2c1-c1ccccc1C21c2ccccc2C2(c3ccccc3-c3ccccc32)c2ccccc21. The maximum Gasteiger partial charge on any atom is 0.0720 e. The average molecular weight is 495 g/mol. The summed E-state index contributed by atoms with van der Waals surface area (Å²) in [4.78, 5) is 0. The van der Waals surface area contributed by atoms with Crippen LogP contribution in [-0.2, 0) is 10.8 Å². The number of fused-ring (bicyclic) bond motifs is 16. The van der Waals surface area contributed by atoms with Crippen LogP contribution < -0.4 is 0 Å². The number of hydrogen-bond donors (Lipinski definition) is 0. The van der Waals surface area contributed by atoms with Gasteiger partial charge in [0.2, 0.25) is 0 Å². The van der Waals surface area contributed by atoms with E-state index in [-0.39, 0.29) is 10.8 Å². The van der Waals surface area contributed by atoms with Crippen LogP contribution in [0.4, 0.5) is 0 Å². The van der Waals surface area contributed by atoms with E-state index in [0.717, 1.165) is 0 Å². The first-order valence-corrected chi connectivity index (χ1v) is 13.9. The molecule has 0 bridgehead atoms. The third-order valence-corrected chi connectivity index (χ3v) is 9.70. The third kappa shape index (κ3) is 2.26. The Balaban J connectivity index is 1.54. The number of rotatable bonds is 0. The molecule has 0 radical (unpaired) electrons. The molecule has 6 aromatic carbocycles. The highest BCUT2D eigenvalue weighted by atomic mass is 14.6. The minimum Gasteiger partial charge on any atom is -0.0619 e. The Hall–Kier alpha value is -4.68. The second kappa shape index (κ2) is 7.24. The van der Waals surface area contributed by atoms with Crippen LogP contribution in [0, 0.1) is 6.92 Å². The van der Waals surface area contributed by atoms with Gasteiger partial charge < -0.3 is 0 Å². The standard InChI is InChI=1S/C39H26/c1-25-13-12-24-36-37(25)28-16-4-7-19-31(28)39(36)34-22-10-8-20-32(34)38(33-21-9-11-23-35(33)39)29-17-5-2-14-26(29)27-15-3-6-18-30(27)38/h2-24H,1H3. The lowest BCUT2D eigenvalue weighted by molar-refractivity contribution is 0.633. The lowest BCUT2D eigenvalue weighted by Gasteiger charge is -2.48. The van der Waals surface area contributed by atoms with Gasteiger partial charge in [0.15, 0.2) is 0 Å². The first kappa shape index (κ1) is 21.3. The largest absolute Gasteiger partial charge is 0.0720 e. The van der Waals surface area contributed by atoms with Gasteiger partial charge >= 0.3 is 0 Å². The van der Waals surface area contributed by atoms with Crippen molar-refractivity contribution < 1.29 is 0 Å². The topological polar surface area (TPSA) is 0 Å². The van der Waals surface area contributed by atoms with E-state index in [1.54, 1.807) is 0 Å². The average Bonchev–Trinajstić information content (AvgIpc) is 3.46. The summed E-state index contributed by atoms with van der Waals surface area (Å²) in [5, 5.41) is 0. The van der Waals surface area contributed by atoms with Gasteiger partial charge in [-0.05, 0) is 79.2 Å². The van der Waals surface area contributed by atoms with Gasteiger partial charge in [-0.15, -0.1) is 0 Å². The van der Waals surface area contributed by atoms with Crippen LogP contribution in [0.15, 0.2) is 140 Å². The zero-order valence-corrected chi connectivity index (χ0v) is 21.8. The Bertz CT molecular complexity index is 1890. The smallest absolute Gasteiger partial charge is 0.0619 e. The predicted octanol–water partition coefficient (Wildman–Crippen LogP) is 9.03. The van der Waals surface area contributed by atoms with Gasteiger partial charge in [-0.25, -0.2) is 0 Å². The zero-order valence-electron chi connectivity index (χ0n) is 21.8. The molecule has 3 aliphatic rings. The molecule has 0 amide bonds. The molecule has 0 heterocycles. The molecule has 0 saturated heterocycles. The molecule has 6 aromatic rings. The first-order chi connectivity index (χ1) is 19.3. The maximum absolute atomic E-state index is 2.41. The summed E-state index contributed by atoms with van der Waals surface area (Å²) >= 11 is 0. The van der Waals surface area contributed by atoms with Crippen LogP contribution in [0.1, 0.15) is 50.1 Å². The summed E-state index contributed by atoms with van der Waals surface area (Å²) in [6.45, 7) is 2.26. The Labute approximate surface area is 229 Å². The fourth-order valence-corrected chi connectivity index (χ4v) is 8.47. The van der Waals surface area contributed by atoms with Gasteiger partial charge in [0.25, 0.3) is 0 Å². The van der Waals surface area contributed by atoms with Crippen molar-refractivity contribution >= 4 is 0 Å². The second-order valence-electron chi connectivity index (χ2n) is 11.2. The highest BCUT2D eigenvalue weighted by Gasteiger charge is 2.58. The minimum atomic E-state index is -0.372. The van der Waals surface area contributed by atoms with Gasteiger partial charge in [0.1, 0.15) is 0 Å². The lowest BCUT2D eigenvalue weighted by Crippen LogP contribution is -2.43. The Morgan fingerprint density at radius 1 is 0.308 bits per heavy atom. The zero-order chi connectivity index (χ0) is 25.8. The van der Waals surface area contributed by atoms with Crippen molar-refractivity contribution in [2.24, 2.45) is 0 Å². The second-order valence-corrected chi connectivity index (χ2v) is 11.2. The molecular formula is C39H26. The molecule has 2 spiro atoms. The van der Waals surface area contributed by atoms with Crippen LogP contribution in [0.2, 0.25) is 0 Å². The molecule has 0 aromatic heterocycles. The van der Waals surface area contributed by atoms with Crippen molar-refractivity contribution in [2.45, 2.75) is 17.8 Å². The summed E-state index contributed by atoms with van der Waals surface area (Å²) in [5.41, 5.74) is 17.2. The molecule has 0 nitrogen and oxygen atoms in total. The van der Waals surface area contributed by atoms with Crippen LogP contribution in [0.25, 0.3) is 22.3 Å². The van der Waals surface area contributed by atoms with E-state index in [4.69, 9.17) is 0 Å². The van der Waals surface area contributed by atoms with Crippen molar-refractivity contribution in [3.05, 3.63) is 190 Å². The molecule has 0 unspecified atom stereocenters. The van der Waals surface area contributed by atoms with E-state index in [2.05, 4.69) is 146 Å². The van der Waals surface area contributed by atoms with Crippen molar-refractivity contribution in [3.8, 4) is 22.3 Å². The Morgan fingerprint density at radius 2 is 0.641 bits per heavy atom. The molecule has 0 aliphatic heterocycles. The summed E-state index contributed by atoms with van der Waals surface area (Å²) in [6.07, 6.45) is 0. The molecule has 182 valence electrons. The van der Waals surface area contributed by atoms with Crippen LogP contribution in [0.3, 0.4) is 0 Å². The lowest BCUT2D eigenvalue weighted by atomic mass is 9.52. The van der Waals surface area contributed by atoms with Gasteiger partial charge in [-0.2, -0.15) is 0 Å². The number of benzene rings is 6. The minimum absolute atomic E-state index is 0.368. The van der Waals surface area contributed by atoms with Gasteiger partial charge in [-0.3, -0.25) is 0 Å². The van der Waals surface area contributed by atoms with Crippen molar-refractivity contribution in [1.29, 1.82) is 0 Å². The number of hydrogen-bond acceptors (Lipinski definition) is 0. The fraction of sp³-hybridized carbons (Fsp3) is 0.0769. The fourth-order valence-electron chi connectivity index (χ4n) is 8.47. The molecule has 0 atom stereocenters. The van der Waals surface area contributed by atoms with Crippen molar-refractivity contribution in [3.63, 3.8) is 0 Å². The molecule has 0 saturated carbocycles. The van der Waals surface area contributed by atoms with Gasteiger partial charge in [0, 0.05) is 0 Å². The van der Waals surface area contributed by atoms with E-state index in [9.17, 15) is 0 Å². The van der Waals surface area contributed by atoms with Crippen molar-refractivity contribution in [2.75, 3.05) is 0 Å². The molecule has 0 N–H and O–H groups in total. The van der Waals surface area contributed by atoms with Gasteiger partial charge in [-0.1, -0.05) is 140 Å². The molecule has 3 aliphatic carbocycles. The molecule has 39 heavy (non-hydrogen) atoms. The maximum atomic E-state index is 2.41. The van der Waals surface area contributed by atoms with E-state index in [0.29, 0.717) is 0 Å². The Kier molecular flexibility index (Phi) is 3.95. The molecule has 0 heteroatoms. The Morgan fingerprint density at radius 3 is 1.13 bits per heavy atom. The van der Waals surface area contributed by atoms with E-state index >= 15 is 0 Å². The molecule has 0 fully saturated rings. The van der Waals surface area contributed by atoms with Gasteiger partial charge in [0.05, 0.1) is 10.8 Å². The highest BCUT2D eigenvalue weighted by molar-refractivity contribution is 5.94. The number of aryl methyl sites for hydroxylation is 1. The van der Waals surface area contributed by atoms with Crippen LogP contribution >= 0.6 is 0 Å². The summed E-state index contributed by atoms with van der Waals surface area (Å²) in [7, 11) is 0. The normalized spacial score (nSPS) is 15.7.